The van der Waals surface area contributed by atoms with Crippen LogP contribution in [0.25, 0.3) is 0 Å². The Bertz CT molecular complexity index is 651. The van der Waals surface area contributed by atoms with E-state index in [0.29, 0.717) is 11.4 Å². The topological polar surface area (TPSA) is 94.3 Å². The molecule has 0 radical (unpaired) electrons. The van der Waals surface area contributed by atoms with E-state index < -0.39 is 5.97 Å². The van der Waals surface area contributed by atoms with Gasteiger partial charge in [-0.25, -0.2) is 0 Å². The van der Waals surface area contributed by atoms with Crippen LogP contribution in [-0.2, 0) is 16.1 Å². The second kappa shape index (κ2) is 6.65. The Morgan fingerprint density at radius 1 is 1.33 bits per heavy atom. The Morgan fingerprint density at radius 2 is 2.14 bits per heavy atom. The summed E-state index contributed by atoms with van der Waals surface area (Å²) >= 11 is 0. The highest BCUT2D eigenvalue weighted by atomic mass is 16.6. The van der Waals surface area contributed by atoms with Crippen LogP contribution in [0, 0.1) is 13.8 Å². The summed E-state index contributed by atoms with van der Waals surface area (Å²) in [6.07, 6.45) is 0. The van der Waals surface area contributed by atoms with Crippen molar-refractivity contribution in [3.05, 3.63) is 47.1 Å². The van der Waals surface area contributed by atoms with Crippen LogP contribution in [0.4, 0.5) is 0 Å². The zero-order valence-corrected chi connectivity index (χ0v) is 11.8. The second-order valence-corrected chi connectivity index (χ2v) is 4.45. The molecular weight excluding hydrogens is 274 g/mol. The number of benzene rings is 1. The maximum atomic E-state index is 11.8. The zero-order valence-electron chi connectivity index (χ0n) is 11.8. The second-order valence-electron chi connectivity index (χ2n) is 4.45. The molecule has 2 aromatic rings. The summed E-state index contributed by atoms with van der Waals surface area (Å²) in [7, 11) is 0. The predicted molar refractivity (Wildman–Crippen MR) is 72.3 cm³/mol. The first kappa shape index (κ1) is 14.7. The van der Waals surface area contributed by atoms with Gasteiger partial charge in [-0.05, 0) is 26.0 Å². The fraction of sp³-hybridized carbons (Fsp3) is 0.286. The van der Waals surface area contributed by atoms with E-state index in [4.69, 9.17) is 9.26 Å². The van der Waals surface area contributed by atoms with Gasteiger partial charge in [-0.2, -0.15) is 4.98 Å². The summed E-state index contributed by atoms with van der Waals surface area (Å²) in [5, 5.41) is 6.06. The zero-order chi connectivity index (χ0) is 15.2. The van der Waals surface area contributed by atoms with E-state index in [0.717, 1.165) is 5.56 Å². The van der Waals surface area contributed by atoms with Gasteiger partial charge < -0.3 is 14.6 Å². The summed E-state index contributed by atoms with van der Waals surface area (Å²) in [4.78, 5) is 27.2. The number of rotatable bonds is 5. The smallest absolute Gasteiger partial charge is 0.325 e. The molecule has 1 N–H and O–H groups in total. The minimum absolute atomic E-state index is 0.111. The Morgan fingerprint density at radius 3 is 2.81 bits per heavy atom. The molecular formula is C14H15N3O4. The average molecular weight is 289 g/mol. The van der Waals surface area contributed by atoms with Crippen LogP contribution in [0.5, 0.6) is 0 Å². The molecule has 0 saturated heterocycles. The molecule has 0 saturated carbocycles. The van der Waals surface area contributed by atoms with Crippen LogP contribution < -0.4 is 5.32 Å². The average Bonchev–Trinajstić information content (AvgIpc) is 2.88. The quantitative estimate of drug-likeness (QED) is 0.830. The Labute approximate surface area is 121 Å². The van der Waals surface area contributed by atoms with Gasteiger partial charge in [-0.3, -0.25) is 9.59 Å². The van der Waals surface area contributed by atoms with E-state index in [2.05, 4.69) is 15.5 Å². The highest BCUT2D eigenvalue weighted by Crippen LogP contribution is 2.03. The maximum absolute atomic E-state index is 11.8. The van der Waals surface area contributed by atoms with Crippen LogP contribution in [0.1, 0.15) is 27.6 Å². The van der Waals surface area contributed by atoms with Crippen molar-refractivity contribution in [1.82, 2.24) is 15.5 Å². The van der Waals surface area contributed by atoms with Gasteiger partial charge in [-0.1, -0.05) is 22.9 Å². The van der Waals surface area contributed by atoms with Crippen molar-refractivity contribution >= 4 is 11.9 Å². The van der Waals surface area contributed by atoms with Crippen molar-refractivity contribution in [3.8, 4) is 0 Å². The lowest BCUT2D eigenvalue weighted by Crippen LogP contribution is -2.30. The van der Waals surface area contributed by atoms with Crippen molar-refractivity contribution in [3.63, 3.8) is 0 Å². The minimum Gasteiger partial charge on any atom is -0.454 e. The third-order valence-electron chi connectivity index (χ3n) is 2.60. The summed E-state index contributed by atoms with van der Waals surface area (Å²) in [6.45, 7) is 3.22. The molecule has 2 rings (SSSR count). The van der Waals surface area contributed by atoms with Crippen LogP contribution >= 0.6 is 0 Å². The van der Waals surface area contributed by atoms with Crippen molar-refractivity contribution in [1.29, 1.82) is 0 Å². The highest BCUT2D eigenvalue weighted by molar-refractivity contribution is 5.96. The number of hydrogen-bond donors (Lipinski definition) is 1. The molecule has 0 spiro atoms. The Kier molecular flexibility index (Phi) is 4.65. The number of amides is 1. The number of aryl methyl sites for hydroxylation is 2. The summed E-state index contributed by atoms with van der Waals surface area (Å²) < 4.78 is 9.70. The highest BCUT2D eigenvalue weighted by Gasteiger charge is 2.10. The number of carbonyl (C=O) groups excluding carboxylic acids is 2. The van der Waals surface area contributed by atoms with Crippen molar-refractivity contribution in [2.24, 2.45) is 0 Å². The molecule has 1 heterocycles. The van der Waals surface area contributed by atoms with Crippen LogP contribution in [0.3, 0.4) is 0 Å². The number of aromatic nitrogens is 2. The minimum atomic E-state index is -0.577. The van der Waals surface area contributed by atoms with Gasteiger partial charge in [0.05, 0.1) is 0 Å². The molecule has 110 valence electrons. The van der Waals surface area contributed by atoms with Gasteiger partial charge in [0.15, 0.2) is 12.4 Å². The van der Waals surface area contributed by atoms with E-state index in [9.17, 15) is 9.59 Å². The van der Waals surface area contributed by atoms with E-state index in [1.807, 2.05) is 13.0 Å². The molecule has 0 atom stereocenters. The maximum Gasteiger partial charge on any atom is 0.325 e. The number of nitrogens with zero attached hydrogens (tertiary/aromatic N) is 2. The largest absolute Gasteiger partial charge is 0.454 e. The molecule has 1 aromatic carbocycles. The lowest BCUT2D eigenvalue weighted by atomic mass is 10.1. The summed E-state index contributed by atoms with van der Waals surface area (Å²) in [5.41, 5.74) is 1.47. The first-order valence-corrected chi connectivity index (χ1v) is 6.34. The normalized spacial score (nSPS) is 10.2. The SMILES string of the molecule is Cc1cccc(C(=O)NCC(=O)OCc2nc(C)no2)c1. The van der Waals surface area contributed by atoms with Gasteiger partial charge in [0, 0.05) is 5.56 Å². The third kappa shape index (κ3) is 4.41. The number of hydrogen-bond acceptors (Lipinski definition) is 6. The van der Waals surface area contributed by atoms with Crippen molar-refractivity contribution in [2.75, 3.05) is 6.54 Å². The molecule has 7 nitrogen and oxygen atoms in total. The van der Waals surface area contributed by atoms with Crippen LogP contribution in [0.15, 0.2) is 28.8 Å². The molecule has 0 unspecified atom stereocenters. The Hall–Kier alpha value is -2.70. The van der Waals surface area contributed by atoms with Gasteiger partial charge in [0.25, 0.3) is 11.8 Å². The van der Waals surface area contributed by atoms with Gasteiger partial charge in [0.1, 0.15) is 6.54 Å². The first-order chi connectivity index (χ1) is 10.0. The molecule has 0 aliphatic carbocycles. The monoisotopic (exact) mass is 289 g/mol. The van der Waals surface area contributed by atoms with Gasteiger partial charge in [-0.15, -0.1) is 0 Å². The van der Waals surface area contributed by atoms with Gasteiger partial charge >= 0.3 is 5.97 Å². The number of carbonyl (C=O) groups is 2. The van der Waals surface area contributed by atoms with Gasteiger partial charge in [0.2, 0.25) is 0 Å². The third-order valence-corrected chi connectivity index (χ3v) is 2.60. The molecule has 7 heteroatoms. The summed E-state index contributed by atoms with van der Waals surface area (Å²) in [5.74, 6) is -0.226. The molecule has 0 fully saturated rings. The van der Waals surface area contributed by atoms with E-state index in [-0.39, 0.29) is 24.9 Å². The predicted octanol–water partition coefficient (Wildman–Crippen LogP) is 1.16. The standard InChI is InChI=1S/C14H15N3O4/c1-9-4-3-5-11(6-9)14(19)15-7-13(18)20-8-12-16-10(2)17-21-12/h3-6H,7-8H2,1-2H3,(H,15,19). The molecule has 1 aromatic heterocycles. The van der Waals surface area contributed by atoms with Crippen molar-refractivity contribution < 1.29 is 18.8 Å². The van der Waals surface area contributed by atoms with Crippen molar-refractivity contribution in [2.45, 2.75) is 20.5 Å². The van der Waals surface area contributed by atoms with E-state index in [1.54, 1.807) is 25.1 Å². The molecule has 1 amide bonds. The number of nitrogens with one attached hydrogen (secondary N) is 1. The fourth-order valence-corrected chi connectivity index (χ4v) is 1.63. The first-order valence-electron chi connectivity index (χ1n) is 6.34. The van der Waals surface area contributed by atoms with Crippen LogP contribution in [0.2, 0.25) is 0 Å². The molecule has 21 heavy (non-hydrogen) atoms. The fourth-order valence-electron chi connectivity index (χ4n) is 1.63. The number of esters is 1. The summed E-state index contributed by atoms with van der Waals surface area (Å²) in [6, 6.07) is 7.08. The van der Waals surface area contributed by atoms with E-state index >= 15 is 0 Å². The Balaban J connectivity index is 1.77. The van der Waals surface area contributed by atoms with Crippen LogP contribution in [-0.4, -0.2) is 28.6 Å². The lowest BCUT2D eigenvalue weighted by Gasteiger charge is -2.05. The lowest BCUT2D eigenvalue weighted by molar-refractivity contribution is -0.144. The number of ether oxygens (including phenoxy) is 1. The van der Waals surface area contributed by atoms with E-state index in [1.165, 1.54) is 0 Å². The molecule has 0 aliphatic rings. The molecule has 0 aliphatic heterocycles. The molecule has 0 bridgehead atoms.